The number of unbranched alkanes of at least 4 members (excludes halogenated alkanes) is 5. The Kier molecular flexibility index (Phi) is 12.7. The smallest absolute Gasteiger partial charge is 0.0701 e. The monoisotopic (exact) mass is 468 g/mol. The minimum Gasteiger partial charge on any atom is -0.382 e. The van der Waals surface area contributed by atoms with Crippen molar-refractivity contribution >= 4 is 0 Å². The third-order valence-corrected chi connectivity index (χ3v) is 6.70. The molecule has 0 saturated carbocycles. The van der Waals surface area contributed by atoms with Crippen molar-refractivity contribution in [3.8, 4) is 11.1 Å². The Labute approximate surface area is 207 Å². The lowest BCUT2D eigenvalue weighted by Gasteiger charge is -2.18. The Morgan fingerprint density at radius 1 is 0.647 bits per heavy atom. The first-order valence-electron chi connectivity index (χ1n) is 13.3. The van der Waals surface area contributed by atoms with E-state index in [9.17, 15) is 0 Å². The maximum Gasteiger partial charge on any atom is 0.0701 e. The number of aryl methyl sites for hydroxylation is 1. The molecule has 34 heavy (non-hydrogen) atoms. The quantitative estimate of drug-likeness (QED) is 0.213. The molecule has 0 saturated heterocycles. The highest BCUT2D eigenvalue weighted by atomic mass is 16.6. The zero-order valence-corrected chi connectivity index (χ0v) is 21.4. The second kappa shape index (κ2) is 16.0. The van der Waals surface area contributed by atoms with Gasteiger partial charge in [0.15, 0.2) is 0 Å². The topological polar surface area (TPSA) is 36.9 Å². The average Bonchev–Trinajstić information content (AvgIpc) is 3.19. The molecule has 3 rings (SSSR count). The van der Waals surface area contributed by atoms with Crippen LogP contribution in [0.4, 0.5) is 0 Å². The summed E-state index contributed by atoms with van der Waals surface area (Å²) in [6.45, 7) is 6.69. The largest absolute Gasteiger partial charge is 0.382 e. The fraction of sp³-hybridized carbons (Fsp3) is 0.600. The number of hydrogen-bond acceptors (Lipinski definition) is 4. The molecule has 188 valence electrons. The molecular weight excluding hydrogens is 424 g/mol. The summed E-state index contributed by atoms with van der Waals surface area (Å²) in [7, 11) is 1.68. The van der Waals surface area contributed by atoms with Gasteiger partial charge in [0.25, 0.3) is 0 Å². The minimum absolute atomic E-state index is 0.428. The molecule has 1 aliphatic carbocycles. The van der Waals surface area contributed by atoms with Gasteiger partial charge in [0, 0.05) is 19.6 Å². The predicted octanol–water partition coefficient (Wildman–Crippen LogP) is 6.79. The van der Waals surface area contributed by atoms with Crippen LogP contribution in [0.5, 0.6) is 0 Å². The first kappa shape index (κ1) is 26.9. The van der Waals surface area contributed by atoms with Gasteiger partial charge in [-0.2, -0.15) is 0 Å². The Balaban J connectivity index is 1.47. The van der Waals surface area contributed by atoms with E-state index in [0.29, 0.717) is 45.6 Å². The van der Waals surface area contributed by atoms with Crippen molar-refractivity contribution < 1.29 is 18.9 Å². The summed E-state index contributed by atoms with van der Waals surface area (Å²) in [5.41, 5.74) is 7.38. The summed E-state index contributed by atoms with van der Waals surface area (Å²) in [6, 6.07) is 15.8. The molecule has 4 heteroatoms. The summed E-state index contributed by atoms with van der Waals surface area (Å²) in [5.74, 6) is 0.428. The highest BCUT2D eigenvalue weighted by Gasteiger charge is 2.29. The molecule has 2 aromatic rings. The summed E-state index contributed by atoms with van der Waals surface area (Å²) in [4.78, 5) is 0. The van der Waals surface area contributed by atoms with E-state index in [1.54, 1.807) is 12.7 Å². The molecule has 0 bridgehead atoms. The second-order valence-electron chi connectivity index (χ2n) is 9.15. The minimum atomic E-state index is 0.428. The Morgan fingerprint density at radius 3 is 2.06 bits per heavy atom. The summed E-state index contributed by atoms with van der Waals surface area (Å²) in [5, 5.41) is 0. The molecule has 0 heterocycles. The van der Waals surface area contributed by atoms with Gasteiger partial charge < -0.3 is 18.9 Å². The highest BCUT2D eigenvalue weighted by Crippen LogP contribution is 2.48. The molecule has 0 fully saturated rings. The Morgan fingerprint density at radius 2 is 1.29 bits per heavy atom. The molecule has 0 N–H and O–H groups in total. The zero-order chi connectivity index (χ0) is 23.8. The summed E-state index contributed by atoms with van der Waals surface area (Å²) >= 11 is 0. The number of ether oxygens (including phenoxy) is 4. The van der Waals surface area contributed by atoms with E-state index >= 15 is 0 Å². The van der Waals surface area contributed by atoms with Crippen molar-refractivity contribution in [3.05, 3.63) is 59.2 Å². The molecule has 0 aliphatic heterocycles. The van der Waals surface area contributed by atoms with Crippen LogP contribution < -0.4 is 0 Å². The lowest BCUT2D eigenvalue weighted by molar-refractivity contribution is 0.00314. The summed E-state index contributed by atoms with van der Waals surface area (Å²) in [6.07, 6.45) is 10.2. The number of rotatable bonds is 19. The Hall–Kier alpha value is -1.72. The van der Waals surface area contributed by atoms with Crippen LogP contribution in [0, 0.1) is 0 Å². The fourth-order valence-electron chi connectivity index (χ4n) is 4.96. The van der Waals surface area contributed by atoms with Gasteiger partial charge in [-0.1, -0.05) is 81.5 Å². The average molecular weight is 469 g/mol. The number of methoxy groups -OCH3 is 1. The maximum atomic E-state index is 5.96. The van der Waals surface area contributed by atoms with Crippen molar-refractivity contribution in [1.29, 1.82) is 0 Å². The molecule has 1 unspecified atom stereocenters. The van der Waals surface area contributed by atoms with Crippen molar-refractivity contribution in [2.45, 2.75) is 64.2 Å². The number of fused-ring (bicyclic) bond motifs is 3. The zero-order valence-electron chi connectivity index (χ0n) is 21.4. The fourth-order valence-corrected chi connectivity index (χ4v) is 4.96. The molecule has 1 aliphatic rings. The lowest BCUT2D eigenvalue weighted by atomic mass is 9.88. The number of hydrogen-bond donors (Lipinski definition) is 0. The number of benzene rings is 2. The van der Waals surface area contributed by atoms with E-state index in [1.165, 1.54) is 67.2 Å². The molecule has 1 atom stereocenters. The van der Waals surface area contributed by atoms with E-state index in [1.807, 2.05) is 0 Å². The van der Waals surface area contributed by atoms with Crippen LogP contribution in [0.25, 0.3) is 11.1 Å². The van der Waals surface area contributed by atoms with E-state index in [0.717, 1.165) is 13.0 Å². The van der Waals surface area contributed by atoms with Crippen LogP contribution in [0.2, 0.25) is 0 Å². The van der Waals surface area contributed by atoms with Gasteiger partial charge >= 0.3 is 0 Å². The van der Waals surface area contributed by atoms with E-state index in [2.05, 4.69) is 49.4 Å². The van der Waals surface area contributed by atoms with Gasteiger partial charge in [-0.05, 0) is 47.1 Å². The van der Waals surface area contributed by atoms with E-state index < -0.39 is 0 Å². The second-order valence-corrected chi connectivity index (χ2v) is 9.15. The van der Waals surface area contributed by atoms with Crippen molar-refractivity contribution in [1.82, 2.24) is 0 Å². The Bertz CT molecular complexity index is 819. The van der Waals surface area contributed by atoms with Crippen molar-refractivity contribution in [3.63, 3.8) is 0 Å². The normalized spacial score (nSPS) is 14.4. The van der Waals surface area contributed by atoms with Crippen LogP contribution in [0.1, 0.15) is 74.5 Å². The van der Waals surface area contributed by atoms with E-state index in [4.69, 9.17) is 18.9 Å². The van der Waals surface area contributed by atoms with Gasteiger partial charge in [0.1, 0.15) is 0 Å². The van der Waals surface area contributed by atoms with Gasteiger partial charge in [-0.3, -0.25) is 0 Å². The molecule has 0 aromatic heterocycles. The summed E-state index contributed by atoms with van der Waals surface area (Å²) < 4.78 is 21.9. The highest BCUT2D eigenvalue weighted by molar-refractivity contribution is 5.80. The standard InChI is InChI=1S/C30H44O4/c1-3-4-5-6-7-8-12-25-13-11-16-28-26-14-9-10-15-27(26)29(30(25)28)17-18-32-21-22-34-24-23-33-20-19-31-2/h9-11,13-16,29H,3-8,12,17-24H2,1-2H3. The van der Waals surface area contributed by atoms with Gasteiger partial charge in [0.2, 0.25) is 0 Å². The lowest BCUT2D eigenvalue weighted by Crippen LogP contribution is -2.12. The first-order valence-corrected chi connectivity index (χ1v) is 13.3. The van der Waals surface area contributed by atoms with E-state index in [-0.39, 0.29) is 0 Å². The molecule has 2 aromatic carbocycles. The molecule has 0 spiro atoms. The van der Waals surface area contributed by atoms with Crippen LogP contribution in [-0.4, -0.2) is 53.4 Å². The van der Waals surface area contributed by atoms with Crippen LogP contribution in [0.3, 0.4) is 0 Å². The SMILES string of the molecule is CCCCCCCCc1cccc2c1C(CCOCCOCCOCCOC)c1ccccc1-2. The van der Waals surface area contributed by atoms with Crippen molar-refractivity contribution in [2.75, 3.05) is 53.4 Å². The molecule has 4 nitrogen and oxygen atoms in total. The molecule has 0 radical (unpaired) electrons. The third kappa shape index (κ3) is 8.20. The third-order valence-electron chi connectivity index (χ3n) is 6.70. The van der Waals surface area contributed by atoms with Crippen LogP contribution in [-0.2, 0) is 25.4 Å². The van der Waals surface area contributed by atoms with Gasteiger partial charge in [-0.25, -0.2) is 0 Å². The predicted molar refractivity (Wildman–Crippen MR) is 140 cm³/mol. The van der Waals surface area contributed by atoms with Crippen molar-refractivity contribution in [2.24, 2.45) is 0 Å². The van der Waals surface area contributed by atoms with Gasteiger partial charge in [-0.15, -0.1) is 0 Å². The first-order chi connectivity index (χ1) is 16.9. The molecular formula is C30H44O4. The van der Waals surface area contributed by atoms with Crippen LogP contribution in [0.15, 0.2) is 42.5 Å². The maximum absolute atomic E-state index is 5.96. The van der Waals surface area contributed by atoms with Crippen LogP contribution >= 0.6 is 0 Å². The molecule has 0 amide bonds. The van der Waals surface area contributed by atoms with Gasteiger partial charge in [0.05, 0.1) is 39.6 Å².